The molecule has 4 aliphatic carbocycles. The maximum atomic E-state index is 13.7. The zero-order chi connectivity index (χ0) is 29.8. The van der Waals surface area contributed by atoms with Gasteiger partial charge in [0, 0.05) is 5.92 Å². The van der Waals surface area contributed by atoms with Gasteiger partial charge in [-0.15, -0.1) is 0 Å². The van der Waals surface area contributed by atoms with Crippen molar-refractivity contribution in [3.05, 3.63) is 0 Å². The van der Waals surface area contributed by atoms with Crippen LogP contribution in [-0.4, -0.2) is 65.3 Å². The van der Waals surface area contributed by atoms with E-state index in [1.165, 1.54) is 0 Å². The van der Waals surface area contributed by atoms with Crippen molar-refractivity contribution >= 4 is 30.3 Å². The molecule has 13 heteroatoms. The van der Waals surface area contributed by atoms with Gasteiger partial charge in [-0.3, -0.25) is 4.79 Å². The van der Waals surface area contributed by atoms with E-state index in [0.29, 0.717) is 32.1 Å². The van der Waals surface area contributed by atoms with Crippen molar-refractivity contribution in [2.75, 3.05) is 0 Å². The number of amides is 1. The Balaban J connectivity index is 1.49. The Morgan fingerprint density at radius 1 is 0.780 bits per heavy atom. The van der Waals surface area contributed by atoms with E-state index in [9.17, 15) is 29.1 Å². The van der Waals surface area contributed by atoms with Gasteiger partial charge in [0.15, 0.2) is 0 Å². The van der Waals surface area contributed by atoms with E-state index in [-0.39, 0.29) is 24.5 Å². The van der Waals surface area contributed by atoms with Crippen molar-refractivity contribution in [3.8, 4) is 0 Å². The minimum Gasteiger partial charge on any atom is -0.481 e. The van der Waals surface area contributed by atoms with Crippen molar-refractivity contribution in [2.45, 2.75) is 128 Å². The fraction of sp³-hybridized carbons (Fsp3) is 0.821. The second kappa shape index (κ2) is 12.7. The first-order valence-corrected chi connectivity index (χ1v) is 14.6. The molecule has 0 unspecified atom stereocenters. The van der Waals surface area contributed by atoms with E-state index >= 15 is 0 Å². The van der Waals surface area contributed by atoms with E-state index in [4.69, 9.17) is 28.4 Å². The molecule has 0 aliphatic heterocycles. The molecule has 0 spiro atoms. The first kappa shape index (κ1) is 30.7. The van der Waals surface area contributed by atoms with Crippen LogP contribution in [0.25, 0.3) is 0 Å². The van der Waals surface area contributed by atoms with Crippen LogP contribution >= 0.6 is 0 Å². The molecule has 41 heavy (non-hydrogen) atoms. The standard InChI is InChI=1S/C28H41NO12/c1-27(2,3)41-23(33)29-28(15-14-18-19(20(18)28)21(30)31)22(32)38-26(39-24(34)36-16-10-6-4-7-11-16)40-25(35)37-17-12-8-5-9-13-17/h16-20,26H,4-15H2,1-3H3,(H,29,33)(H,30,31)/t18-,19-,20-,28-/m0/s1. The van der Waals surface area contributed by atoms with E-state index in [1.54, 1.807) is 20.8 Å². The average Bonchev–Trinajstić information content (AvgIpc) is 3.51. The highest BCUT2D eigenvalue weighted by atomic mass is 16.9. The SMILES string of the molecule is CC(C)(C)OC(=O)N[C@@]1(C(=O)OC(OC(=O)OC2CCCCC2)OC(=O)OC2CCCCC2)CC[C@H]2[C@H](C(=O)O)[C@H]21. The molecule has 230 valence electrons. The molecule has 13 nitrogen and oxygen atoms in total. The summed E-state index contributed by atoms with van der Waals surface area (Å²) in [6.45, 7) is 2.73. The molecule has 0 aromatic carbocycles. The lowest BCUT2D eigenvalue weighted by Crippen LogP contribution is -2.58. The van der Waals surface area contributed by atoms with Crippen LogP contribution in [0.15, 0.2) is 0 Å². The molecule has 4 atom stereocenters. The number of hydrogen-bond donors (Lipinski definition) is 2. The van der Waals surface area contributed by atoms with Crippen LogP contribution in [0.1, 0.15) is 97.8 Å². The second-order valence-electron chi connectivity index (χ2n) is 12.4. The van der Waals surface area contributed by atoms with Gasteiger partial charge in [0.2, 0.25) is 0 Å². The van der Waals surface area contributed by atoms with Gasteiger partial charge < -0.3 is 38.8 Å². The van der Waals surface area contributed by atoms with Crippen LogP contribution in [0.4, 0.5) is 14.4 Å². The molecule has 2 N–H and O–H groups in total. The van der Waals surface area contributed by atoms with Crippen molar-refractivity contribution in [1.82, 2.24) is 5.32 Å². The van der Waals surface area contributed by atoms with Crippen LogP contribution in [0, 0.1) is 17.8 Å². The summed E-state index contributed by atoms with van der Waals surface area (Å²) in [6, 6.07) is 0. The molecule has 0 aromatic rings. The van der Waals surface area contributed by atoms with Gasteiger partial charge in [0.05, 0.1) is 5.92 Å². The molecule has 0 saturated heterocycles. The summed E-state index contributed by atoms with van der Waals surface area (Å²) in [7, 11) is 0. The number of fused-ring (bicyclic) bond motifs is 1. The quantitative estimate of drug-likeness (QED) is 0.228. The number of nitrogens with one attached hydrogen (secondary N) is 1. The van der Waals surface area contributed by atoms with Crippen molar-refractivity contribution < 1.29 is 57.5 Å². The van der Waals surface area contributed by atoms with Crippen molar-refractivity contribution in [3.63, 3.8) is 0 Å². The molecule has 4 rings (SSSR count). The number of hydrogen-bond acceptors (Lipinski definition) is 11. The number of esters is 1. The Morgan fingerprint density at radius 3 is 1.73 bits per heavy atom. The molecule has 4 fully saturated rings. The predicted molar refractivity (Wildman–Crippen MR) is 138 cm³/mol. The molecule has 0 heterocycles. The number of carbonyl (C=O) groups is 5. The summed E-state index contributed by atoms with van der Waals surface area (Å²) in [4.78, 5) is 63.4. The van der Waals surface area contributed by atoms with Gasteiger partial charge in [-0.25, -0.2) is 19.2 Å². The minimum absolute atomic E-state index is 0.0515. The molecule has 4 saturated carbocycles. The Hall–Kier alpha value is -3.25. The number of carboxylic acid groups (broad SMARTS) is 1. The molecule has 0 radical (unpaired) electrons. The third kappa shape index (κ3) is 7.94. The lowest BCUT2D eigenvalue weighted by atomic mass is 9.90. The van der Waals surface area contributed by atoms with Crippen LogP contribution in [0.5, 0.6) is 0 Å². The number of aliphatic carboxylic acids is 1. The highest BCUT2D eigenvalue weighted by Gasteiger charge is 2.73. The summed E-state index contributed by atoms with van der Waals surface area (Å²) in [5.74, 6) is -4.29. The van der Waals surface area contributed by atoms with E-state index < -0.39 is 59.8 Å². The molecule has 4 aliphatic rings. The summed E-state index contributed by atoms with van der Waals surface area (Å²) >= 11 is 0. The number of ether oxygens (including phenoxy) is 6. The normalized spacial score (nSPS) is 28.1. The Morgan fingerprint density at radius 2 is 1.29 bits per heavy atom. The Bertz CT molecular complexity index is 963. The number of alkyl carbamates (subject to hydrolysis) is 1. The third-order valence-corrected chi connectivity index (χ3v) is 8.20. The van der Waals surface area contributed by atoms with Crippen molar-refractivity contribution in [2.24, 2.45) is 17.8 Å². The summed E-state index contributed by atoms with van der Waals surface area (Å²) in [5.41, 5.74) is -2.70. The van der Waals surface area contributed by atoms with Gasteiger partial charge in [-0.1, -0.05) is 12.8 Å². The second-order valence-corrected chi connectivity index (χ2v) is 12.4. The smallest absolute Gasteiger partial charge is 0.481 e. The largest absolute Gasteiger partial charge is 0.514 e. The maximum absolute atomic E-state index is 13.7. The molecule has 0 aromatic heterocycles. The van der Waals surface area contributed by atoms with Gasteiger partial charge in [-0.2, -0.15) is 0 Å². The van der Waals surface area contributed by atoms with Crippen molar-refractivity contribution in [1.29, 1.82) is 0 Å². The Kier molecular flexibility index (Phi) is 9.53. The lowest BCUT2D eigenvalue weighted by Gasteiger charge is -2.33. The zero-order valence-corrected chi connectivity index (χ0v) is 23.9. The number of carboxylic acids is 1. The minimum atomic E-state index is -2.19. The Labute approximate surface area is 238 Å². The van der Waals surface area contributed by atoms with E-state index in [2.05, 4.69) is 5.32 Å². The van der Waals surface area contributed by atoms with Gasteiger partial charge in [0.1, 0.15) is 23.3 Å². The van der Waals surface area contributed by atoms with Crippen LogP contribution in [0.3, 0.4) is 0 Å². The maximum Gasteiger partial charge on any atom is 0.514 e. The summed E-state index contributed by atoms with van der Waals surface area (Å²) in [6.07, 6.45) is 4.41. The average molecular weight is 584 g/mol. The summed E-state index contributed by atoms with van der Waals surface area (Å²) in [5, 5.41) is 12.2. The topological polar surface area (TPSA) is 173 Å². The van der Waals surface area contributed by atoms with Gasteiger partial charge >= 0.3 is 36.8 Å². The van der Waals surface area contributed by atoms with E-state index in [0.717, 1.165) is 38.5 Å². The zero-order valence-electron chi connectivity index (χ0n) is 23.9. The first-order chi connectivity index (χ1) is 19.4. The molecular weight excluding hydrogens is 542 g/mol. The number of rotatable bonds is 8. The highest BCUT2D eigenvalue weighted by molar-refractivity contribution is 5.90. The van der Waals surface area contributed by atoms with Crippen LogP contribution < -0.4 is 5.32 Å². The van der Waals surface area contributed by atoms with Gasteiger partial charge in [-0.05, 0) is 90.9 Å². The highest BCUT2D eigenvalue weighted by Crippen LogP contribution is 2.62. The molecule has 1 amide bonds. The fourth-order valence-electron chi connectivity index (χ4n) is 6.34. The lowest BCUT2D eigenvalue weighted by molar-refractivity contribution is -0.248. The van der Waals surface area contributed by atoms with Crippen LogP contribution in [0.2, 0.25) is 0 Å². The van der Waals surface area contributed by atoms with Crippen LogP contribution in [-0.2, 0) is 38.0 Å². The summed E-state index contributed by atoms with van der Waals surface area (Å²) < 4.78 is 31.6. The predicted octanol–water partition coefficient (Wildman–Crippen LogP) is 4.79. The first-order valence-electron chi connectivity index (χ1n) is 14.6. The van der Waals surface area contributed by atoms with Gasteiger partial charge in [0.25, 0.3) is 0 Å². The van der Waals surface area contributed by atoms with E-state index in [1.807, 2.05) is 0 Å². The molecule has 0 bridgehead atoms. The monoisotopic (exact) mass is 583 g/mol. The fourth-order valence-corrected chi connectivity index (χ4v) is 6.34. The number of carbonyl (C=O) groups excluding carboxylic acids is 4. The third-order valence-electron chi connectivity index (χ3n) is 8.20. The molecular formula is C28H41NO12.